The van der Waals surface area contributed by atoms with Crippen LogP contribution in [0.25, 0.3) is 0 Å². The molecule has 2 aromatic heterocycles. The van der Waals surface area contributed by atoms with Gasteiger partial charge in [0.15, 0.2) is 0 Å². The van der Waals surface area contributed by atoms with Crippen LogP contribution in [0.15, 0.2) is 27.9 Å². The molecular weight excluding hydrogens is 342 g/mol. The summed E-state index contributed by atoms with van der Waals surface area (Å²) >= 11 is 1.30. The molecule has 1 unspecified atom stereocenters. The molecule has 3 heterocycles. The second-order valence-corrected chi connectivity index (χ2v) is 9.59. The number of thiophene rings is 1. The summed E-state index contributed by atoms with van der Waals surface area (Å²) in [4.78, 5) is 4.56. The zero-order chi connectivity index (χ0) is 17.2. The molecule has 2 aromatic rings. The molecule has 0 aliphatic carbocycles. The Hall–Kier alpha value is -1.18. The fourth-order valence-electron chi connectivity index (χ4n) is 3.41. The van der Waals surface area contributed by atoms with E-state index in [0.29, 0.717) is 23.2 Å². The number of aryl methyl sites for hydroxylation is 1. The maximum Gasteiger partial charge on any atom is 0.252 e. The Bertz CT molecular complexity index is 766. The second-order valence-electron chi connectivity index (χ2n) is 6.47. The Morgan fingerprint density at radius 1 is 1.42 bits per heavy atom. The Kier molecular flexibility index (Phi) is 5.42. The molecule has 0 spiro atoms. The third-order valence-electron chi connectivity index (χ3n) is 4.63. The third kappa shape index (κ3) is 3.58. The van der Waals surface area contributed by atoms with Crippen molar-refractivity contribution in [2.75, 3.05) is 13.1 Å². The van der Waals surface area contributed by atoms with Crippen molar-refractivity contribution < 1.29 is 8.42 Å². The molecule has 132 valence electrons. The minimum atomic E-state index is -3.33. The Labute approximate surface area is 148 Å². The van der Waals surface area contributed by atoms with Gasteiger partial charge in [0, 0.05) is 37.9 Å². The van der Waals surface area contributed by atoms with Gasteiger partial charge in [0.05, 0.1) is 0 Å². The molecule has 1 aliphatic heterocycles. The third-order valence-corrected chi connectivity index (χ3v) is 7.87. The SMILES string of the molecule is CCCn1c(C)cnc1CC1CCCN(S(=O)(=O)c2cccs2)C1. The number of rotatable bonds is 6. The number of imidazole rings is 1. The summed E-state index contributed by atoms with van der Waals surface area (Å²) in [5.74, 6) is 1.43. The number of piperidine rings is 1. The normalized spacial score (nSPS) is 19.7. The summed E-state index contributed by atoms with van der Waals surface area (Å²) < 4.78 is 29.9. The minimum absolute atomic E-state index is 0.339. The predicted octanol–water partition coefficient (Wildman–Crippen LogP) is 3.31. The maximum absolute atomic E-state index is 12.7. The van der Waals surface area contributed by atoms with E-state index in [1.807, 2.05) is 11.6 Å². The highest BCUT2D eigenvalue weighted by molar-refractivity contribution is 7.91. The molecule has 0 aromatic carbocycles. The van der Waals surface area contributed by atoms with Crippen molar-refractivity contribution in [1.29, 1.82) is 0 Å². The van der Waals surface area contributed by atoms with Crippen LogP contribution in [0.4, 0.5) is 0 Å². The standard InChI is InChI=1S/C17H25N3O2S2/c1-3-8-20-14(2)12-18-16(20)11-15-6-4-9-19(13-15)24(21,22)17-7-5-10-23-17/h5,7,10,12,15H,3-4,6,8-9,11,13H2,1-2H3. The van der Waals surface area contributed by atoms with Crippen molar-refractivity contribution in [3.63, 3.8) is 0 Å². The first kappa shape index (κ1) is 17.6. The van der Waals surface area contributed by atoms with Crippen molar-refractivity contribution in [2.45, 2.75) is 50.3 Å². The van der Waals surface area contributed by atoms with E-state index in [2.05, 4.69) is 23.4 Å². The molecule has 1 atom stereocenters. The van der Waals surface area contributed by atoms with Gasteiger partial charge < -0.3 is 4.57 Å². The van der Waals surface area contributed by atoms with E-state index in [-0.39, 0.29) is 0 Å². The molecule has 0 saturated carbocycles. The van der Waals surface area contributed by atoms with Crippen molar-refractivity contribution in [3.8, 4) is 0 Å². The van der Waals surface area contributed by atoms with Crippen LogP contribution in [0, 0.1) is 12.8 Å². The number of hydrogen-bond acceptors (Lipinski definition) is 4. The van der Waals surface area contributed by atoms with Gasteiger partial charge in [-0.1, -0.05) is 13.0 Å². The highest BCUT2D eigenvalue weighted by Crippen LogP contribution is 2.28. The Morgan fingerprint density at radius 3 is 2.96 bits per heavy atom. The van der Waals surface area contributed by atoms with Gasteiger partial charge in [-0.25, -0.2) is 13.4 Å². The van der Waals surface area contributed by atoms with Crippen LogP contribution in [0.2, 0.25) is 0 Å². The lowest BCUT2D eigenvalue weighted by Crippen LogP contribution is -2.40. The summed E-state index contributed by atoms with van der Waals surface area (Å²) in [6.45, 7) is 6.45. The average Bonchev–Trinajstić information content (AvgIpc) is 3.21. The van der Waals surface area contributed by atoms with Crippen molar-refractivity contribution in [3.05, 3.63) is 35.2 Å². The zero-order valence-electron chi connectivity index (χ0n) is 14.3. The first-order valence-electron chi connectivity index (χ1n) is 8.57. The number of aromatic nitrogens is 2. The van der Waals surface area contributed by atoms with Gasteiger partial charge in [-0.05, 0) is 43.6 Å². The van der Waals surface area contributed by atoms with Gasteiger partial charge in [0.1, 0.15) is 10.0 Å². The summed E-state index contributed by atoms with van der Waals surface area (Å²) in [5.41, 5.74) is 1.19. The van der Waals surface area contributed by atoms with Gasteiger partial charge in [-0.15, -0.1) is 11.3 Å². The largest absolute Gasteiger partial charge is 0.332 e. The van der Waals surface area contributed by atoms with Gasteiger partial charge in [0.25, 0.3) is 10.0 Å². The number of hydrogen-bond donors (Lipinski definition) is 0. The van der Waals surface area contributed by atoms with E-state index in [9.17, 15) is 8.42 Å². The molecule has 0 amide bonds. The smallest absolute Gasteiger partial charge is 0.252 e. The van der Waals surface area contributed by atoms with Crippen LogP contribution < -0.4 is 0 Å². The van der Waals surface area contributed by atoms with E-state index in [1.165, 1.54) is 17.0 Å². The van der Waals surface area contributed by atoms with E-state index in [4.69, 9.17) is 0 Å². The summed E-state index contributed by atoms with van der Waals surface area (Å²) in [6, 6.07) is 3.49. The molecule has 1 aliphatic rings. The predicted molar refractivity (Wildman–Crippen MR) is 96.8 cm³/mol. The number of sulfonamides is 1. The van der Waals surface area contributed by atoms with Crippen LogP contribution in [0.1, 0.15) is 37.7 Å². The highest BCUT2D eigenvalue weighted by Gasteiger charge is 2.31. The monoisotopic (exact) mass is 367 g/mol. The summed E-state index contributed by atoms with van der Waals surface area (Å²) in [7, 11) is -3.33. The summed E-state index contributed by atoms with van der Waals surface area (Å²) in [6.07, 6.45) is 5.84. The van der Waals surface area contributed by atoms with E-state index < -0.39 is 10.0 Å². The van der Waals surface area contributed by atoms with Crippen LogP contribution in [-0.4, -0.2) is 35.4 Å². The lowest BCUT2D eigenvalue weighted by molar-refractivity contribution is 0.261. The van der Waals surface area contributed by atoms with E-state index in [1.54, 1.807) is 16.4 Å². The topological polar surface area (TPSA) is 55.2 Å². The van der Waals surface area contributed by atoms with E-state index in [0.717, 1.165) is 38.1 Å². The molecular formula is C17H25N3O2S2. The van der Waals surface area contributed by atoms with Crippen LogP contribution >= 0.6 is 11.3 Å². The quantitative estimate of drug-likeness (QED) is 0.787. The fraction of sp³-hybridized carbons (Fsp3) is 0.588. The van der Waals surface area contributed by atoms with Crippen LogP contribution in [0.3, 0.4) is 0 Å². The minimum Gasteiger partial charge on any atom is -0.332 e. The lowest BCUT2D eigenvalue weighted by atomic mass is 9.96. The van der Waals surface area contributed by atoms with Gasteiger partial charge in [-0.2, -0.15) is 4.31 Å². The van der Waals surface area contributed by atoms with E-state index >= 15 is 0 Å². The molecule has 7 heteroatoms. The average molecular weight is 368 g/mol. The molecule has 3 rings (SSSR count). The van der Waals surface area contributed by atoms with Gasteiger partial charge in [-0.3, -0.25) is 0 Å². The Morgan fingerprint density at radius 2 is 2.25 bits per heavy atom. The first-order chi connectivity index (χ1) is 11.5. The van der Waals surface area contributed by atoms with Crippen molar-refractivity contribution >= 4 is 21.4 Å². The lowest BCUT2D eigenvalue weighted by Gasteiger charge is -2.31. The molecule has 0 radical (unpaired) electrons. The van der Waals surface area contributed by atoms with Crippen LogP contribution in [0.5, 0.6) is 0 Å². The maximum atomic E-state index is 12.7. The fourth-order valence-corrected chi connectivity index (χ4v) is 6.11. The summed E-state index contributed by atoms with van der Waals surface area (Å²) in [5, 5.41) is 1.82. The molecule has 0 bridgehead atoms. The first-order valence-corrected chi connectivity index (χ1v) is 10.9. The molecule has 24 heavy (non-hydrogen) atoms. The second kappa shape index (κ2) is 7.37. The van der Waals surface area contributed by atoms with Crippen molar-refractivity contribution in [2.24, 2.45) is 5.92 Å². The molecule has 1 saturated heterocycles. The molecule has 0 N–H and O–H groups in total. The Balaban J connectivity index is 1.73. The highest BCUT2D eigenvalue weighted by atomic mass is 32.2. The molecule has 1 fully saturated rings. The van der Waals surface area contributed by atoms with Gasteiger partial charge >= 0.3 is 0 Å². The zero-order valence-corrected chi connectivity index (χ0v) is 15.9. The van der Waals surface area contributed by atoms with Crippen LogP contribution in [-0.2, 0) is 23.0 Å². The van der Waals surface area contributed by atoms with Crippen molar-refractivity contribution in [1.82, 2.24) is 13.9 Å². The number of nitrogens with zero attached hydrogens (tertiary/aromatic N) is 3. The van der Waals surface area contributed by atoms with Gasteiger partial charge in [0.2, 0.25) is 0 Å². The molecule has 5 nitrogen and oxygen atoms in total.